The first-order valence-corrected chi connectivity index (χ1v) is 5.36. The standard InChI is InChI=1S/C12H20N2O/c1-9(2)10(3)14-8-11-6-5-7-13-12(11)15-4/h5-7,9-10,14H,8H2,1-4H3/t10-/m0/s1. The molecule has 0 aliphatic rings. The molecule has 0 bridgehead atoms. The first-order chi connectivity index (χ1) is 7.15. The van der Waals surface area contributed by atoms with Crippen LogP contribution in [0.5, 0.6) is 5.88 Å². The second kappa shape index (κ2) is 5.71. The van der Waals surface area contributed by atoms with Gasteiger partial charge in [0.15, 0.2) is 0 Å². The number of nitrogens with zero attached hydrogens (tertiary/aromatic N) is 1. The van der Waals surface area contributed by atoms with Gasteiger partial charge in [-0.2, -0.15) is 0 Å². The van der Waals surface area contributed by atoms with E-state index in [9.17, 15) is 0 Å². The van der Waals surface area contributed by atoms with Crippen molar-refractivity contribution in [3.63, 3.8) is 0 Å². The van der Waals surface area contributed by atoms with Crippen LogP contribution in [0.4, 0.5) is 0 Å². The van der Waals surface area contributed by atoms with Gasteiger partial charge in [-0.05, 0) is 18.9 Å². The van der Waals surface area contributed by atoms with Crippen molar-refractivity contribution in [1.29, 1.82) is 0 Å². The summed E-state index contributed by atoms with van der Waals surface area (Å²) in [5.41, 5.74) is 1.10. The number of rotatable bonds is 5. The summed E-state index contributed by atoms with van der Waals surface area (Å²) in [6, 6.07) is 4.46. The van der Waals surface area contributed by atoms with E-state index in [1.807, 2.05) is 12.1 Å². The lowest BCUT2D eigenvalue weighted by molar-refractivity contribution is 0.381. The summed E-state index contributed by atoms with van der Waals surface area (Å²) in [5.74, 6) is 1.34. The Morgan fingerprint density at radius 2 is 2.13 bits per heavy atom. The summed E-state index contributed by atoms with van der Waals surface area (Å²) in [5, 5.41) is 3.45. The molecule has 0 fully saturated rings. The summed E-state index contributed by atoms with van der Waals surface area (Å²) in [7, 11) is 1.65. The minimum Gasteiger partial charge on any atom is -0.481 e. The van der Waals surface area contributed by atoms with E-state index in [-0.39, 0.29) is 0 Å². The zero-order chi connectivity index (χ0) is 11.3. The molecule has 15 heavy (non-hydrogen) atoms. The lowest BCUT2D eigenvalue weighted by atomic mass is 10.1. The number of pyridine rings is 1. The Morgan fingerprint density at radius 3 is 2.73 bits per heavy atom. The van der Waals surface area contributed by atoms with Gasteiger partial charge in [0.1, 0.15) is 0 Å². The maximum atomic E-state index is 5.19. The van der Waals surface area contributed by atoms with Crippen molar-refractivity contribution >= 4 is 0 Å². The lowest BCUT2D eigenvalue weighted by Gasteiger charge is -2.17. The van der Waals surface area contributed by atoms with Crippen molar-refractivity contribution in [2.24, 2.45) is 5.92 Å². The summed E-state index contributed by atoms with van der Waals surface area (Å²) < 4.78 is 5.19. The van der Waals surface area contributed by atoms with E-state index < -0.39 is 0 Å². The van der Waals surface area contributed by atoms with Crippen LogP contribution in [0, 0.1) is 5.92 Å². The molecule has 1 rings (SSSR count). The van der Waals surface area contributed by atoms with Crippen LogP contribution in [-0.2, 0) is 6.54 Å². The first kappa shape index (κ1) is 12.0. The normalized spacial score (nSPS) is 12.9. The van der Waals surface area contributed by atoms with Crippen LogP contribution < -0.4 is 10.1 Å². The molecule has 0 saturated heterocycles. The van der Waals surface area contributed by atoms with E-state index in [2.05, 4.69) is 31.1 Å². The summed E-state index contributed by atoms with van der Waals surface area (Å²) in [4.78, 5) is 4.16. The van der Waals surface area contributed by atoms with Crippen LogP contribution in [0.2, 0.25) is 0 Å². The zero-order valence-corrected chi connectivity index (χ0v) is 9.95. The highest BCUT2D eigenvalue weighted by molar-refractivity contribution is 5.25. The molecule has 0 radical (unpaired) electrons. The van der Waals surface area contributed by atoms with Crippen LogP contribution in [0.25, 0.3) is 0 Å². The molecule has 84 valence electrons. The van der Waals surface area contributed by atoms with Crippen LogP contribution in [0.3, 0.4) is 0 Å². The predicted molar refractivity (Wildman–Crippen MR) is 61.9 cm³/mol. The molecule has 0 spiro atoms. The third-order valence-corrected chi connectivity index (χ3v) is 2.66. The highest BCUT2D eigenvalue weighted by atomic mass is 16.5. The average Bonchev–Trinajstić information content (AvgIpc) is 2.26. The third-order valence-electron chi connectivity index (χ3n) is 2.66. The Morgan fingerprint density at radius 1 is 1.40 bits per heavy atom. The largest absolute Gasteiger partial charge is 0.481 e. The highest BCUT2D eigenvalue weighted by Crippen LogP contribution is 2.13. The van der Waals surface area contributed by atoms with Crippen molar-refractivity contribution in [2.45, 2.75) is 33.4 Å². The van der Waals surface area contributed by atoms with Gasteiger partial charge in [0.25, 0.3) is 0 Å². The minimum atomic E-state index is 0.495. The molecule has 0 unspecified atom stereocenters. The second-order valence-corrected chi connectivity index (χ2v) is 4.09. The number of aromatic nitrogens is 1. The van der Waals surface area contributed by atoms with Gasteiger partial charge in [-0.3, -0.25) is 0 Å². The van der Waals surface area contributed by atoms with Crippen molar-refractivity contribution in [3.8, 4) is 5.88 Å². The van der Waals surface area contributed by atoms with E-state index >= 15 is 0 Å². The van der Waals surface area contributed by atoms with E-state index in [4.69, 9.17) is 4.74 Å². The predicted octanol–water partition coefficient (Wildman–Crippen LogP) is 2.22. The van der Waals surface area contributed by atoms with Gasteiger partial charge >= 0.3 is 0 Å². The maximum Gasteiger partial charge on any atom is 0.217 e. The first-order valence-electron chi connectivity index (χ1n) is 5.36. The molecule has 1 N–H and O–H groups in total. The minimum absolute atomic E-state index is 0.495. The van der Waals surface area contributed by atoms with Gasteiger partial charge in [-0.15, -0.1) is 0 Å². The van der Waals surface area contributed by atoms with Crippen LogP contribution in [0.1, 0.15) is 26.3 Å². The lowest BCUT2D eigenvalue weighted by Crippen LogP contribution is -2.30. The van der Waals surface area contributed by atoms with Gasteiger partial charge in [0, 0.05) is 24.3 Å². The molecule has 0 aliphatic heterocycles. The number of hydrogen-bond donors (Lipinski definition) is 1. The highest BCUT2D eigenvalue weighted by Gasteiger charge is 2.08. The van der Waals surface area contributed by atoms with Gasteiger partial charge in [0.05, 0.1) is 7.11 Å². The monoisotopic (exact) mass is 208 g/mol. The zero-order valence-electron chi connectivity index (χ0n) is 9.95. The third kappa shape index (κ3) is 3.51. The quantitative estimate of drug-likeness (QED) is 0.805. The fourth-order valence-corrected chi connectivity index (χ4v) is 1.25. The van der Waals surface area contributed by atoms with E-state index in [1.165, 1.54) is 0 Å². The maximum absolute atomic E-state index is 5.19. The number of ether oxygens (including phenoxy) is 1. The molecule has 1 aromatic heterocycles. The fraction of sp³-hybridized carbons (Fsp3) is 0.583. The molecule has 1 aromatic rings. The van der Waals surface area contributed by atoms with E-state index in [1.54, 1.807) is 13.3 Å². The Hall–Kier alpha value is -1.09. The number of hydrogen-bond acceptors (Lipinski definition) is 3. The molecular formula is C12H20N2O. The summed E-state index contributed by atoms with van der Waals surface area (Å²) in [6.07, 6.45) is 1.74. The Balaban J connectivity index is 2.57. The molecule has 0 amide bonds. The van der Waals surface area contributed by atoms with Crippen molar-refractivity contribution in [3.05, 3.63) is 23.9 Å². The van der Waals surface area contributed by atoms with Crippen LogP contribution >= 0.6 is 0 Å². The van der Waals surface area contributed by atoms with Crippen LogP contribution in [-0.4, -0.2) is 18.1 Å². The summed E-state index contributed by atoms with van der Waals surface area (Å²) >= 11 is 0. The van der Waals surface area contributed by atoms with Crippen molar-refractivity contribution in [1.82, 2.24) is 10.3 Å². The molecule has 1 heterocycles. The van der Waals surface area contributed by atoms with Gasteiger partial charge in [0.2, 0.25) is 5.88 Å². The number of nitrogens with one attached hydrogen (secondary N) is 1. The Bertz CT molecular complexity index is 299. The average molecular weight is 208 g/mol. The summed E-state index contributed by atoms with van der Waals surface area (Å²) in [6.45, 7) is 7.40. The van der Waals surface area contributed by atoms with Gasteiger partial charge in [-0.1, -0.05) is 19.9 Å². The molecule has 3 heteroatoms. The SMILES string of the molecule is COc1ncccc1CN[C@@H](C)C(C)C. The second-order valence-electron chi connectivity index (χ2n) is 4.09. The van der Waals surface area contributed by atoms with Crippen LogP contribution in [0.15, 0.2) is 18.3 Å². The molecule has 0 aliphatic carbocycles. The Kier molecular flexibility index (Phi) is 4.56. The molecule has 0 aromatic carbocycles. The number of methoxy groups -OCH3 is 1. The smallest absolute Gasteiger partial charge is 0.217 e. The molecule has 1 atom stereocenters. The van der Waals surface area contributed by atoms with Gasteiger partial charge < -0.3 is 10.1 Å². The van der Waals surface area contributed by atoms with E-state index in [0.29, 0.717) is 17.8 Å². The fourth-order valence-electron chi connectivity index (χ4n) is 1.25. The van der Waals surface area contributed by atoms with Gasteiger partial charge in [-0.25, -0.2) is 4.98 Å². The van der Waals surface area contributed by atoms with Crippen molar-refractivity contribution < 1.29 is 4.74 Å². The van der Waals surface area contributed by atoms with Crippen molar-refractivity contribution in [2.75, 3.05) is 7.11 Å². The van der Waals surface area contributed by atoms with E-state index in [0.717, 1.165) is 12.1 Å². The molecule has 3 nitrogen and oxygen atoms in total. The molecule has 0 saturated carbocycles. The molecular weight excluding hydrogens is 188 g/mol. The topological polar surface area (TPSA) is 34.1 Å². The Labute approximate surface area is 91.9 Å².